The number of nitrogens with zero attached hydrogens (tertiary/aromatic N) is 2. The predicted molar refractivity (Wildman–Crippen MR) is 91.9 cm³/mol. The molecule has 3 aliphatic rings. The van der Waals surface area contributed by atoms with Gasteiger partial charge in [-0.2, -0.15) is 0 Å². The van der Waals surface area contributed by atoms with Crippen LogP contribution in [0.15, 0.2) is 18.2 Å². The largest absolute Gasteiger partial charge is 0.497 e. The number of fused-ring (bicyclic) bond motifs is 1. The van der Waals surface area contributed by atoms with Crippen molar-refractivity contribution in [3.05, 3.63) is 39.4 Å². The minimum Gasteiger partial charge on any atom is -0.497 e. The van der Waals surface area contributed by atoms with Crippen LogP contribution in [0.5, 0.6) is 5.75 Å². The minimum atomic E-state index is -0.366. The smallest absolute Gasteiger partial charge is 0.223 e. The van der Waals surface area contributed by atoms with E-state index in [0.717, 1.165) is 31.6 Å². The van der Waals surface area contributed by atoms with Gasteiger partial charge in [0.25, 0.3) is 0 Å². The number of hydrogen-bond donors (Lipinski definition) is 0. The van der Waals surface area contributed by atoms with E-state index < -0.39 is 0 Å². The van der Waals surface area contributed by atoms with Crippen molar-refractivity contribution in [1.29, 1.82) is 0 Å². The summed E-state index contributed by atoms with van der Waals surface area (Å²) in [7, 11) is 1.66. The second-order valence-electron chi connectivity index (χ2n) is 7.77. The predicted octanol–water partition coefficient (Wildman–Crippen LogP) is 2.62. The average molecular weight is 344 g/mol. The molecule has 1 amide bonds. The number of ether oxygens (including phenoxy) is 1. The molecular weight excluding hydrogens is 320 g/mol. The number of carbonyl (C=O) groups is 1. The Bertz CT molecular complexity index is 734. The van der Waals surface area contributed by atoms with Gasteiger partial charge in [0, 0.05) is 29.7 Å². The van der Waals surface area contributed by atoms with Crippen molar-refractivity contribution in [2.45, 2.75) is 38.1 Å². The fourth-order valence-corrected chi connectivity index (χ4v) is 5.71. The van der Waals surface area contributed by atoms with Gasteiger partial charge in [-0.25, -0.2) is 0 Å². The molecule has 4 atom stereocenters. The van der Waals surface area contributed by atoms with Crippen molar-refractivity contribution < 1.29 is 14.5 Å². The first-order valence-corrected chi connectivity index (χ1v) is 9.07. The molecule has 0 unspecified atom stereocenters. The summed E-state index contributed by atoms with van der Waals surface area (Å²) in [5.41, 5.74) is 2.06. The van der Waals surface area contributed by atoms with Gasteiger partial charge in [-0.15, -0.1) is 0 Å². The first-order valence-electron chi connectivity index (χ1n) is 9.07. The van der Waals surface area contributed by atoms with E-state index in [9.17, 15) is 14.9 Å². The lowest BCUT2D eigenvalue weighted by molar-refractivity contribution is -0.491. The van der Waals surface area contributed by atoms with E-state index >= 15 is 0 Å². The fourth-order valence-electron chi connectivity index (χ4n) is 5.71. The molecule has 2 fully saturated rings. The Morgan fingerprint density at radius 3 is 2.96 bits per heavy atom. The van der Waals surface area contributed by atoms with Crippen LogP contribution in [0.25, 0.3) is 0 Å². The van der Waals surface area contributed by atoms with Crippen molar-refractivity contribution >= 4 is 5.91 Å². The number of rotatable bonds is 3. The zero-order chi connectivity index (χ0) is 17.8. The molecule has 1 aromatic carbocycles. The minimum absolute atomic E-state index is 0.0330. The average Bonchev–Trinajstić information content (AvgIpc) is 2.91. The van der Waals surface area contributed by atoms with Crippen LogP contribution in [-0.4, -0.2) is 35.9 Å². The number of benzene rings is 1. The molecule has 6 heteroatoms. The summed E-state index contributed by atoms with van der Waals surface area (Å²) in [6.07, 6.45) is 3.10. The Morgan fingerprint density at radius 1 is 1.44 bits per heavy atom. The fraction of sp³-hybridized carbons (Fsp3) is 0.632. The van der Waals surface area contributed by atoms with Gasteiger partial charge in [0.2, 0.25) is 12.5 Å². The van der Waals surface area contributed by atoms with Gasteiger partial charge in [-0.05, 0) is 48.4 Å². The molecule has 0 aromatic heterocycles. The summed E-state index contributed by atoms with van der Waals surface area (Å²) in [5.74, 6) is 1.22. The number of hydrogen-bond acceptors (Lipinski definition) is 4. The highest BCUT2D eigenvalue weighted by atomic mass is 16.6. The summed E-state index contributed by atoms with van der Waals surface area (Å²) in [6, 6.07) is 6.14. The summed E-state index contributed by atoms with van der Waals surface area (Å²) in [6.45, 7) is 2.81. The van der Waals surface area contributed by atoms with Gasteiger partial charge >= 0.3 is 0 Å². The van der Waals surface area contributed by atoms with Gasteiger partial charge < -0.3 is 9.64 Å². The second kappa shape index (κ2) is 5.71. The highest BCUT2D eigenvalue weighted by Gasteiger charge is 2.63. The number of carbonyl (C=O) groups excluding carboxylic acids is 1. The van der Waals surface area contributed by atoms with Crippen LogP contribution in [0, 0.1) is 27.9 Å². The van der Waals surface area contributed by atoms with E-state index in [0.29, 0.717) is 6.42 Å². The molecule has 0 radical (unpaired) electrons. The summed E-state index contributed by atoms with van der Waals surface area (Å²) in [4.78, 5) is 25.8. The van der Waals surface area contributed by atoms with Crippen molar-refractivity contribution in [2.24, 2.45) is 17.8 Å². The molecule has 6 nitrogen and oxygen atoms in total. The van der Waals surface area contributed by atoms with Crippen LogP contribution in [0.2, 0.25) is 0 Å². The van der Waals surface area contributed by atoms with E-state index in [1.807, 2.05) is 11.0 Å². The molecule has 1 saturated heterocycles. The van der Waals surface area contributed by atoms with Gasteiger partial charge in [0.15, 0.2) is 0 Å². The lowest BCUT2D eigenvalue weighted by Gasteiger charge is -2.39. The monoisotopic (exact) mass is 344 g/mol. The maximum absolute atomic E-state index is 12.8. The van der Waals surface area contributed by atoms with E-state index in [1.54, 1.807) is 7.11 Å². The number of amides is 1. The third-order valence-corrected chi connectivity index (χ3v) is 6.64. The molecule has 1 aromatic rings. The van der Waals surface area contributed by atoms with Crippen molar-refractivity contribution in [3.8, 4) is 5.75 Å². The van der Waals surface area contributed by atoms with Crippen molar-refractivity contribution in [2.75, 3.05) is 20.2 Å². The Balaban J connectivity index is 1.86. The highest BCUT2D eigenvalue weighted by molar-refractivity contribution is 5.81. The third kappa shape index (κ3) is 2.26. The first-order chi connectivity index (χ1) is 12.0. The van der Waals surface area contributed by atoms with Crippen molar-refractivity contribution in [1.82, 2.24) is 4.90 Å². The Kier molecular flexibility index (Phi) is 3.74. The van der Waals surface area contributed by atoms with E-state index in [1.165, 1.54) is 11.1 Å². The highest BCUT2D eigenvalue weighted by Crippen LogP contribution is 2.60. The van der Waals surface area contributed by atoms with Gasteiger partial charge in [0.1, 0.15) is 5.75 Å². The Labute approximate surface area is 147 Å². The maximum atomic E-state index is 12.8. The SMILES string of the molecule is COc1ccc2c(c1)CCCN1C(=O)C[C@H]3[C@H](C[N+](=O)[O-])[C@@H](C)C[C@]231. The topological polar surface area (TPSA) is 72.7 Å². The van der Waals surface area contributed by atoms with E-state index in [4.69, 9.17) is 4.74 Å². The van der Waals surface area contributed by atoms with Gasteiger partial charge in [0.05, 0.1) is 12.6 Å². The second-order valence-corrected chi connectivity index (χ2v) is 7.77. The molecule has 1 saturated carbocycles. The van der Waals surface area contributed by atoms with Gasteiger partial charge in [-0.3, -0.25) is 14.9 Å². The number of nitro groups is 1. The first kappa shape index (κ1) is 16.4. The molecule has 1 aliphatic carbocycles. The lowest BCUT2D eigenvalue weighted by atomic mass is 9.76. The Hall–Kier alpha value is -2.11. The molecule has 134 valence electrons. The number of methoxy groups -OCH3 is 1. The molecule has 2 aliphatic heterocycles. The van der Waals surface area contributed by atoms with Crippen LogP contribution >= 0.6 is 0 Å². The van der Waals surface area contributed by atoms with Gasteiger partial charge in [-0.1, -0.05) is 13.0 Å². The molecule has 25 heavy (non-hydrogen) atoms. The molecular formula is C19H24N2O4. The normalized spacial score (nSPS) is 33.4. The zero-order valence-electron chi connectivity index (χ0n) is 14.7. The van der Waals surface area contributed by atoms with Crippen LogP contribution in [0.1, 0.15) is 37.3 Å². The quantitative estimate of drug-likeness (QED) is 0.624. The Morgan fingerprint density at radius 2 is 2.24 bits per heavy atom. The van der Waals surface area contributed by atoms with Crippen LogP contribution in [0.3, 0.4) is 0 Å². The summed E-state index contributed by atoms with van der Waals surface area (Å²) < 4.78 is 5.39. The third-order valence-electron chi connectivity index (χ3n) is 6.64. The van der Waals surface area contributed by atoms with Crippen LogP contribution < -0.4 is 4.74 Å². The zero-order valence-corrected chi connectivity index (χ0v) is 14.7. The summed E-state index contributed by atoms with van der Waals surface area (Å²) >= 11 is 0. The van der Waals surface area contributed by atoms with E-state index in [-0.39, 0.29) is 40.7 Å². The molecule has 0 bridgehead atoms. The molecule has 1 spiro atoms. The maximum Gasteiger partial charge on any atom is 0.223 e. The van der Waals surface area contributed by atoms with E-state index in [2.05, 4.69) is 19.1 Å². The standard InChI is InChI=1S/C19H24N2O4/c1-12-10-19-16-6-5-14(25-2)8-13(16)4-3-7-20(19)18(22)9-17(19)15(12)11-21(23)24/h5-6,8,12,15,17H,3-4,7,9-11H2,1-2H3/t12-,15+,17-,19-/m0/s1. The van der Waals surface area contributed by atoms with Crippen LogP contribution in [-0.2, 0) is 16.8 Å². The summed E-state index contributed by atoms with van der Waals surface area (Å²) in [5, 5.41) is 11.2. The van der Waals surface area contributed by atoms with Crippen molar-refractivity contribution in [3.63, 3.8) is 0 Å². The number of aryl methyl sites for hydroxylation is 1. The molecule has 4 rings (SSSR count). The van der Waals surface area contributed by atoms with Crippen LogP contribution in [0.4, 0.5) is 0 Å². The molecule has 2 heterocycles. The lowest BCUT2D eigenvalue weighted by Crippen LogP contribution is -2.45. The molecule has 0 N–H and O–H groups in total.